The number of allylic oxidation sites excluding steroid dienone is 2. The van der Waals surface area contributed by atoms with Crippen molar-refractivity contribution < 1.29 is 19.8 Å². The summed E-state index contributed by atoms with van der Waals surface area (Å²) in [5.41, 5.74) is -2.39. The molecule has 0 fully saturated rings. The van der Waals surface area contributed by atoms with Crippen LogP contribution in [0.4, 0.5) is 0 Å². The molecule has 0 aromatic carbocycles. The summed E-state index contributed by atoms with van der Waals surface area (Å²) in [5, 5.41) is 19.6. The molecule has 0 aromatic rings. The van der Waals surface area contributed by atoms with Gasteiger partial charge in [-0.05, 0) is 26.2 Å². The maximum Gasteiger partial charge on any atom is 0.311 e. The van der Waals surface area contributed by atoms with E-state index in [1.165, 1.54) is 64.2 Å². The number of unbranched alkanes of at least 4 members (excludes halogenated alkanes) is 12. The van der Waals surface area contributed by atoms with Gasteiger partial charge in [-0.1, -0.05) is 103 Å². The van der Waals surface area contributed by atoms with Crippen molar-refractivity contribution in [3.63, 3.8) is 0 Å². The Kier molecular flexibility index (Phi) is 11.5. The predicted molar refractivity (Wildman–Crippen MR) is 114 cm³/mol. The van der Waals surface area contributed by atoms with E-state index in [-0.39, 0.29) is 0 Å². The third-order valence-electron chi connectivity index (χ3n) is 6.80. The number of hydrogen-bond donors (Lipinski definition) is 2. The average molecular weight is 395 g/mol. The van der Waals surface area contributed by atoms with Crippen molar-refractivity contribution in [1.29, 1.82) is 0 Å². The monoisotopic (exact) mass is 394 g/mol. The fraction of sp³-hybridized carbons (Fsp3) is 0.833. The quantitative estimate of drug-likeness (QED) is 0.219. The first-order chi connectivity index (χ1) is 13.4. The van der Waals surface area contributed by atoms with E-state index < -0.39 is 22.8 Å². The second-order valence-corrected chi connectivity index (χ2v) is 8.90. The van der Waals surface area contributed by atoms with Gasteiger partial charge >= 0.3 is 11.9 Å². The number of carbonyl (C=O) groups is 2. The highest BCUT2D eigenvalue weighted by Crippen LogP contribution is 2.52. The minimum absolute atomic E-state index is 0.299. The molecule has 0 spiro atoms. The number of rotatable bonds is 16. The van der Waals surface area contributed by atoms with Crippen molar-refractivity contribution >= 4 is 11.9 Å². The Morgan fingerprint density at radius 3 is 1.57 bits per heavy atom. The van der Waals surface area contributed by atoms with Gasteiger partial charge in [0, 0.05) is 0 Å². The molecule has 2 unspecified atom stereocenters. The molecule has 0 aliphatic heterocycles. The van der Waals surface area contributed by atoms with Gasteiger partial charge in [0.2, 0.25) is 0 Å². The van der Waals surface area contributed by atoms with E-state index >= 15 is 0 Å². The zero-order valence-corrected chi connectivity index (χ0v) is 18.2. The van der Waals surface area contributed by atoms with Crippen LogP contribution in [0.5, 0.6) is 0 Å². The lowest BCUT2D eigenvalue weighted by molar-refractivity contribution is -0.174. The van der Waals surface area contributed by atoms with Crippen LogP contribution in [-0.2, 0) is 9.59 Å². The van der Waals surface area contributed by atoms with E-state index in [1.807, 2.05) is 12.2 Å². The summed E-state index contributed by atoms with van der Waals surface area (Å²) in [6, 6.07) is 0. The highest BCUT2D eigenvalue weighted by atomic mass is 16.4. The van der Waals surface area contributed by atoms with E-state index in [4.69, 9.17) is 0 Å². The maximum atomic E-state index is 12.0. The van der Waals surface area contributed by atoms with E-state index in [0.717, 1.165) is 19.3 Å². The molecule has 1 rings (SSSR count). The predicted octanol–water partition coefficient (Wildman–Crippen LogP) is 6.98. The van der Waals surface area contributed by atoms with Gasteiger partial charge in [-0.25, -0.2) is 0 Å². The molecule has 162 valence electrons. The smallest absolute Gasteiger partial charge is 0.311 e. The first-order valence-electron chi connectivity index (χ1n) is 11.5. The normalized spacial score (nSPS) is 24.4. The molecule has 0 saturated carbocycles. The molecular weight excluding hydrogens is 352 g/mol. The van der Waals surface area contributed by atoms with Gasteiger partial charge in [0.25, 0.3) is 0 Å². The van der Waals surface area contributed by atoms with E-state index in [9.17, 15) is 19.8 Å². The van der Waals surface area contributed by atoms with Crippen LogP contribution in [0.25, 0.3) is 0 Å². The van der Waals surface area contributed by atoms with Crippen LogP contribution < -0.4 is 0 Å². The Labute approximate surface area is 171 Å². The fourth-order valence-corrected chi connectivity index (χ4v) is 4.57. The van der Waals surface area contributed by atoms with Crippen molar-refractivity contribution in [1.82, 2.24) is 0 Å². The molecule has 0 amide bonds. The molecule has 28 heavy (non-hydrogen) atoms. The van der Waals surface area contributed by atoms with Crippen molar-refractivity contribution in [3.05, 3.63) is 12.2 Å². The molecule has 0 bridgehead atoms. The molecule has 0 heterocycles. The average Bonchev–Trinajstić information content (AvgIpc) is 2.66. The van der Waals surface area contributed by atoms with Gasteiger partial charge in [0.1, 0.15) is 0 Å². The molecule has 1 aliphatic rings. The molecule has 1 aliphatic carbocycles. The van der Waals surface area contributed by atoms with Crippen LogP contribution >= 0.6 is 0 Å². The molecule has 2 atom stereocenters. The third-order valence-corrected chi connectivity index (χ3v) is 6.80. The molecule has 0 saturated heterocycles. The number of carboxylic acids is 2. The third kappa shape index (κ3) is 6.93. The minimum atomic E-state index is -1.22. The van der Waals surface area contributed by atoms with Crippen LogP contribution in [0.2, 0.25) is 0 Å². The Morgan fingerprint density at radius 2 is 1.14 bits per heavy atom. The molecule has 4 heteroatoms. The Balaban J connectivity index is 2.22. The lowest BCUT2D eigenvalue weighted by Crippen LogP contribution is -2.51. The van der Waals surface area contributed by atoms with E-state index in [2.05, 4.69) is 6.92 Å². The lowest BCUT2D eigenvalue weighted by atomic mass is 9.56. The molecule has 2 N–H and O–H groups in total. The van der Waals surface area contributed by atoms with Crippen molar-refractivity contribution in [3.8, 4) is 0 Å². The van der Waals surface area contributed by atoms with Gasteiger partial charge in [-0.2, -0.15) is 0 Å². The van der Waals surface area contributed by atoms with Gasteiger partial charge in [0.15, 0.2) is 0 Å². The van der Waals surface area contributed by atoms with Crippen molar-refractivity contribution in [2.75, 3.05) is 0 Å². The summed E-state index contributed by atoms with van der Waals surface area (Å²) in [7, 11) is 0. The lowest BCUT2D eigenvalue weighted by Gasteiger charge is -2.44. The number of aliphatic carboxylic acids is 2. The second kappa shape index (κ2) is 13.0. The van der Waals surface area contributed by atoms with Gasteiger partial charge < -0.3 is 10.2 Å². The minimum Gasteiger partial charge on any atom is -0.481 e. The van der Waals surface area contributed by atoms with Crippen molar-refractivity contribution in [2.24, 2.45) is 10.8 Å². The standard InChI is InChI=1S/C24H42O4/c1-3-4-5-6-7-8-9-10-11-12-13-14-15-19-24(22(27)28)20-17-16-18-23(24,2)21(25)26/h16-17H,3-15,18-20H2,1-2H3,(H,25,26)(H,27,28). The maximum absolute atomic E-state index is 12.0. The SMILES string of the molecule is CCCCCCCCCCCCCCCC1(C(=O)O)CC=CCC1(C)C(=O)O. The summed E-state index contributed by atoms with van der Waals surface area (Å²) in [6.07, 6.45) is 20.9. The Bertz CT molecular complexity index is 499. The first-order valence-corrected chi connectivity index (χ1v) is 11.5. The summed E-state index contributed by atoms with van der Waals surface area (Å²) in [5.74, 6) is -1.95. The molecule has 0 aromatic heterocycles. The highest BCUT2D eigenvalue weighted by molar-refractivity contribution is 5.87. The number of hydrogen-bond acceptors (Lipinski definition) is 2. The second-order valence-electron chi connectivity index (χ2n) is 8.90. The Hall–Kier alpha value is -1.32. The van der Waals surface area contributed by atoms with Gasteiger partial charge in [-0.15, -0.1) is 0 Å². The zero-order chi connectivity index (χ0) is 20.9. The summed E-state index contributed by atoms with van der Waals surface area (Å²) >= 11 is 0. The van der Waals surface area contributed by atoms with Gasteiger partial charge in [-0.3, -0.25) is 9.59 Å². The van der Waals surface area contributed by atoms with Crippen LogP contribution in [0.15, 0.2) is 12.2 Å². The molecular formula is C24H42O4. The zero-order valence-electron chi connectivity index (χ0n) is 18.2. The Morgan fingerprint density at radius 1 is 0.714 bits per heavy atom. The summed E-state index contributed by atoms with van der Waals surface area (Å²) in [6.45, 7) is 3.85. The van der Waals surface area contributed by atoms with Crippen LogP contribution in [-0.4, -0.2) is 22.2 Å². The number of carboxylic acid groups (broad SMARTS) is 2. The topological polar surface area (TPSA) is 74.6 Å². The van der Waals surface area contributed by atoms with Crippen LogP contribution in [0, 0.1) is 10.8 Å². The summed E-state index contributed by atoms with van der Waals surface area (Å²) in [4.78, 5) is 23.9. The van der Waals surface area contributed by atoms with Crippen molar-refractivity contribution in [2.45, 2.75) is 117 Å². The van der Waals surface area contributed by atoms with Crippen LogP contribution in [0.1, 0.15) is 117 Å². The van der Waals surface area contributed by atoms with E-state index in [1.54, 1.807) is 6.92 Å². The van der Waals surface area contributed by atoms with E-state index in [0.29, 0.717) is 19.3 Å². The summed E-state index contributed by atoms with van der Waals surface area (Å²) < 4.78 is 0. The first kappa shape index (κ1) is 24.7. The fourth-order valence-electron chi connectivity index (χ4n) is 4.57. The van der Waals surface area contributed by atoms with Gasteiger partial charge in [0.05, 0.1) is 10.8 Å². The largest absolute Gasteiger partial charge is 0.481 e. The van der Waals surface area contributed by atoms with Crippen LogP contribution in [0.3, 0.4) is 0 Å². The highest BCUT2D eigenvalue weighted by Gasteiger charge is 2.57. The molecule has 0 radical (unpaired) electrons. The molecule has 4 nitrogen and oxygen atoms in total.